The second-order valence-electron chi connectivity index (χ2n) is 6.52. The fraction of sp³-hybridized carbons (Fsp3) is 0.211. The Kier molecular flexibility index (Phi) is 5.70. The summed E-state index contributed by atoms with van der Waals surface area (Å²) < 4.78 is 42.0. The molecule has 2 aromatic carbocycles. The summed E-state index contributed by atoms with van der Waals surface area (Å²) in [6, 6.07) is 9.24. The van der Waals surface area contributed by atoms with Gasteiger partial charge in [-0.3, -0.25) is 19.8 Å². The van der Waals surface area contributed by atoms with Crippen LogP contribution < -0.4 is 10.6 Å². The molecule has 1 fully saturated rings. The van der Waals surface area contributed by atoms with Crippen LogP contribution in [0.25, 0.3) is 0 Å². The van der Waals surface area contributed by atoms with Crippen molar-refractivity contribution in [1.82, 2.24) is 15.5 Å². The van der Waals surface area contributed by atoms with Crippen molar-refractivity contribution in [3.63, 3.8) is 0 Å². The summed E-state index contributed by atoms with van der Waals surface area (Å²) in [4.78, 5) is 38.2. The van der Waals surface area contributed by atoms with Gasteiger partial charge in [0, 0.05) is 5.02 Å². The Labute approximate surface area is 178 Å². The van der Waals surface area contributed by atoms with E-state index in [1.165, 1.54) is 13.0 Å². The molecule has 1 aliphatic heterocycles. The van der Waals surface area contributed by atoms with Gasteiger partial charge in [0.15, 0.2) is 0 Å². The lowest BCUT2D eigenvalue weighted by atomic mass is 10.0. The fourth-order valence-electron chi connectivity index (χ4n) is 3.04. The normalized spacial score (nSPS) is 20.1. The number of carbonyl (C=O) groups excluding carboxylic acids is 3. The number of amides is 4. The van der Waals surface area contributed by atoms with E-state index in [2.05, 4.69) is 0 Å². The molecule has 0 bridgehead atoms. The Bertz CT molecular complexity index is 1020. The summed E-state index contributed by atoms with van der Waals surface area (Å²) in [6.45, 7) is 1.40. The van der Waals surface area contributed by atoms with Crippen LogP contribution in [-0.2, 0) is 4.79 Å². The predicted octanol–water partition coefficient (Wildman–Crippen LogP) is 4.29. The first-order valence-electron chi connectivity index (χ1n) is 8.53. The highest BCUT2D eigenvalue weighted by Crippen LogP contribution is 2.37. The van der Waals surface area contributed by atoms with Gasteiger partial charge in [-0.2, -0.15) is 13.2 Å². The molecule has 158 valence electrons. The van der Waals surface area contributed by atoms with Crippen LogP contribution >= 0.6 is 23.2 Å². The van der Waals surface area contributed by atoms with Gasteiger partial charge in [-0.25, -0.2) is 4.79 Å². The summed E-state index contributed by atoms with van der Waals surface area (Å²) in [5.41, 5.74) is -3.56. The summed E-state index contributed by atoms with van der Waals surface area (Å²) in [6.07, 6.45) is -5.33. The van der Waals surface area contributed by atoms with Gasteiger partial charge < -0.3 is 5.32 Å². The molecule has 0 aromatic heterocycles. The molecular formula is C19H14Cl2F3N3O3. The average molecular weight is 460 g/mol. The Morgan fingerprint density at radius 1 is 1.13 bits per heavy atom. The number of hydrogen-bond donors (Lipinski definition) is 2. The van der Waals surface area contributed by atoms with E-state index in [4.69, 9.17) is 23.2 Å². The van der Waals surface area contributed by atoms with Crippen molar-refractivity contribution in [2.24, 2.45) is 0 Å². The highest BCUT2D eigenvalue weighted by Gasteiger charge is 2.69. The number of nitrogens with one attached hydrogen (secondary N) is 2. The van der Waals surface area contributed by atoms with Crippen molar-refractivity contribution in [3.05, 3.63) is 69.7 Å². The molecular weight excluding hydrogens is 446 g/mol. The van der Waals surface area contributed by atoms with E-state index < -0.39 is 35.7 Å². The third-order valence-corrected chi connectivity index (χ3v) is 5.17. The van der Waals surface area contributed by atoms with Crippen LogP contribution in [0, 0.1) is 0 Å². The predicted molar refractivity (Wildman–Crippen MR) is 103 cm³/mol. The molecule has 2 atom stereocenters. The largest absolute Gasteiger partial charge is 0.440 e. The summed E-state index contributed by atoms with van der Waals surface area (Å²) in [7, 11) is 0. The number of halogens is 5. The average Bonchev–Trinajstić information content (AvgIpc) is 2.92. The Morgan fingerprint density at radius 2 is 1.77 bits per heavy atom. The molecule has 4 amide bonds. The van der Waals surface area contributed by atoms with Gasteiger partial charge >= 0.3 is 12.2 Å². The zero-order valence-electron chi connectivity index (χ0n) is 15.3. The Balaban J connectivity index is 1.99. The van der Waals surface area contributed by atoms with Gasteiger partial charge in [0.25, 0.3) is 17.5 Å². The van der Waals surface area contributed by atoms with Gasteiger partial charge in [-0.1, -0.05) is 53.5 Å². The van der Waals surface area contributed by atoms with E-state index in [-0.39, 0.29) is 15.6 Å². The number of hydrogen-bond acceptors (Lipinski definition) is 3. The van der Waals surface area contributed by atoms with Gasteiger partial charge in [-0.05, 0) is 30.7 Å². The zero-order chi connectivity index (χ0) is 22.3. The smallest absolute Gasteiger partial charge is 0.314 e. The molecule has 30 heavy (non-hydrogen) atoms. The van der Waals surface area contributed by atoms with Crippen molar-refractivity contribution in [2.45, 2.75) is 24.8 Å². The van der Waals surface area contributed by atoms with E-state index in [0.29, 0.717) is 10.5 Å². The molecule has 11 heteroatoms. The lowest BCUT2D eigenvalue weighted by Gasteiger charge is -2.30. The van der Waals surface area contributed by atoms with E-state index in [1.54, 1.807) is 41.0 Å². The SMILES string of the molecule is C[C@H](c1ccccc1)N1C(=O)N[C@](NC(=O)c2ccc(Cl)cc2Cl)(C(F)(F)F)C1=O. The Morgan fingerprint density at radius 3 is 2.33 bits per heavy atom. The minimum absolute atomic E-state index is 0.162. The quantitative estimate of drug-likeness (QED) is 0.669. The van der Waals surface area contributed by atoms with E-state index in [9.17, 15) is 27.6 Å². The molecule has 1 heterocycles. The van der Waals surface area contributed by atoms with Crippen LogP contribution in [0.3, 0.4) is 0 Å². The number of benzene rings is 2. The first kappa shape index (κ1) is 21.9. The molecule has 3 rings (SSSR count). The summed E-state index contributed by atoms with van der Waals surface area (Å²) in [5, 5.41) is 3.15. The van der Waals surface area contributed by atoms with Crippen LogP contribution in [0.15, 0.2) is 48.5 Å². The molecule has 0 aliphatic carbocycles. The number of rotatable bonds is 4. The number of urea groups is 1. The molecule has 1 saturated heterocycles. The van der Waals surface area contributed by atoms with E-state index in [0.717, 1.165) is 12.1 Å². The molecule has 6 nitrogen and oxygen atoms in total. The van der Waals surface area contributed by atoms with Crippen LogP contribution in [0.2, 0.25) is 10.0 Å². The second kappa shape index (κ2) is 7.81. The van der Waals surface area contributed by atoms with Crippen LogP contribution in [-0.4, -0.2) is 34.6 Å². The molecule has 0 spiro atoms. The van der Waals surface area contributed by atoms with Crippen molar-refractivity contribution in [2.75, 3.05) is 0 Å². The van der Waals surface area contributed by atoms with Crippen LogP contribution in [0.1, 0.15) is 28.9 Å². The molecule has 2 N–H and O–H groups in total. The molecule has 2 aromatic rings. The minimum Gasteiger partial charge on any atom is -0.314 e. The Hall–Kier alpha value is -2.78. The molecule has 0 radical (unpaired) electrons. The number of imide groups is 1. The molecule has 1 aliphatic rings. The van der Waals surface area contributed by atoms with Gasteiger partial charge in [0.2, 0.25) is 0 Å². The number of alkyl halides is 3. The number of nitrogens with zero attached hydrogens (tertiary/aromatic N) is 1. The van der Waals surface area contributed by atoms with Gasteiger partial charge in [-0.15, -0.1) is 0 Å². The lowest BCUT2D eigenvalue weighted by molar-refractivity contribution is -0.200. The van der Waals surface area contributed by atoms with Gasteiger partial charge in [0.05, 0.1) is 16.6 Å². The zero-order valence-corrected chi connectivity index (χ0v) is 16.8. The second-order valence-corrected chi connectivity index (χ2v) is 7.36. The molecule has 0 unspecified atom stereocenters. The standard InChI is InChI=1S/C19H14Cl2F3N3O3/c1-10(11-5-3-2-4-6-11)27-16(29)18(19(22,23)24,26-17(27)30)25-15(28)13-8-7-12(20)9-14(13)21/h2-10H,1H3,(H,25,28)(H,26,30)/t10-,18+/m1/s1. The summed E-state index contributed by atoms with van der Waals surface area (Å²) >= 11 is 11.6. The first-order valence-corrected chi connectivity index (χ1v) is 9.28. The summed E-state index contributed by atoms with van der Waals surface area (Å²) in [5.74, 6) is -2.97. The van der Waals surface area contributed by atoms with Crippen molar-refractivity contribution in [1.29, 1.82) is 0 Å². The van der Waals surface area contributed by atoms with E-state index in [1.807, 2.05) is 0 Å². The lowest BCUT2D eigenvalue weighted by Crippen LogP contribution is -2.69. The van der Waals surface area contributed by atoms with Crippen molar-refractivity contribution >= 4 is 41.0 Å². The maximum absolute atomic E-state index is 14.0. The van der Waals surface area contributed by atoms with Crippen molar-refractivity contribution in [3.8, 4) is 0 Å². The topological polar surface area (TPSA) is 78.5 Å². The monoisotopic (exact) mass is 459 g/mol. The van der Waals surface area contributed by atoms with Crippen molar-refractivity contribution < 1.29 is 27.6 Å². The maximum Gasteiger partial charge on any atom is 0.440 e. The van der Waals surface area contributed by atoms with E-state index >= 15 is 0 Å². The maximum atomic E-state index is 14.0. The highest BCUT2D eigenvalue weighted by atomic mass is 35.5. The third-order valence-electron chi connectivity index (χ3n) is 4.62. The fourth-order valence-corrected chi connectivity index (χ4v) is 3.53. The minimum atomic E-state index is -5.33. The highest BCUT2D eigenvalue weighted by molar-refractivity contribution is 6.36. The molecule has 0 saturated carbocycles. The first-order chi connectivity index (χ1) is 14.0. The van der Waals surface area contributed by atoms with Gasteiger partial charge in [0.1, 0.15) is 0 Å². The van der Waals surface area contributed by atoms with Crippen LogP contribution in [0.4, 0.5) is 18.0 Å². The number of carbonyl (C=O) groups is 3. The third kappa shape index (κ3) is 3.70. The van der Waals surface area contributed by atoms with Crippen LogP contribution in [0.5, 0.6) is 0 Å².